The molecule has 0 saturated heterocycles. The maximum absolute atomic E-state index is 13.6. The molecule has 0 amide bonds. The van der Waals surface area contributed by atoms with Crippen molar-refractivity contribution in [3.63, 3.8) is 0 Å². The lowest BCUT2D eigenvalue weighted by atomic mass is 10.0. The lowest BCUT2D eigenvalue weighted by molar-refractivity contribution is -0.174. The van der Waals surface area contributed by atoms with E-state index in [4.69, 9.17) is 17.3 Å². The van der Waals surface area contributed by atoms with E-state index in [9.17, 15) is 18.0 Å². The number of benzene rings is 1. The van der Waals surface area contributed by atoms with E-state index in [1.807, 2.05) is 0 Å². The normalized spacial score (nSPS) is 12.5. The van der Waals surface area contributed by atoms with E-state index >= 15 is 0 Å². The van der Waals surface area contributed by atoms with Gasteiger partial charge in [-0.05, 0) is 30.7 Å². The van der Waals surface area contributed by atoms with Crippen molar-refractivity contribution in [2.75, 3.05) is 6.61 Å². The zero-order chi connectivity index (χ0) is 13.9. The predicted molar refractivity (Wildman–Crippen MR) is 67.2 cm³/mol. The second-order valence-corrected chi connectivity index (χ2v) is 3.96. The molecule has 1 atom stereocenters. The summed E-state index contributed by atoms with van der Waals surface area (Å²) in [6.45, 7) is 1.18. The Morgan fingerprint density at radius 2 is 2.05 bits per heavy atom. The lowest BCUT2D eigenvalue weighted by Gasteiger charge is -2.22. The maximum Gasteiger partial charge on any atom is 0.379 e. The fraction of sp³-hybridized carbons (Fsp3) is 0.364. The summed E-state index contributed by atoms with van der Waals surface area (Å²) in [5.74, 6) is -6.52. The Morgan fingerprint density at radius 1 is 1.47 bits per heavy atom. The van der Waals surface area contributed by atoms with Gasteiger partial charge in [0, 0.05) is 5.02 Å². The molecule has 0 unspecified atom stereocenters. The Bertz CT molecular complexity index is 437. The zero-order valence-electron chi connectivity index (χ0n) is 9.83. The van der Waals surface area contributed by atoms with Crippen molar-refractivity contribution in [1.82, 2.24) is 0 Å². The topological polar surface area (TPSA) is 52.3 Å². The fourth-order valence-corrected chi connectivity index (χ4v) is 1.55. The number of hydrogen-bond acceptors (Lipinski definition) is 3. The SMILES string of the molecule is CCOC(=O)C(F)(F)[C@H](N)c1cc(F)cc(Cl)c1.Cl. The molecule has 8 heteroatoms. The zero-order valence-corrected chi connectivity index (χ0v) is 11.4. The first-order valence-electron chi connectivity index (χ1n) is 5.05. The number of hydrogen-bond donors (Lipinski definition) is 1. The van der Waals surface area contributed by atoms with Crippen LogP contribution < -0.4 is 5.73 Å². The highest BCUT2D eigenvalue weighted by atomic mass is 35.5. The molecule has 108 valence electrons. The van der Waals surface area contributed by atoms with E-state index in [0.29, 0.717) is 0 Å². The largest absolute Gasteiger partial charge is 0.462 e. The Morgan fingerprint density at radius 3 is 2.53 bits per heavy atom. The van der Waals surface area contributed by atoms with Crippen LogP contribution in [0, 0.1) is 5.82 Å². The summed E-state index contributed by atoms with van der Waals surface area (Å²) >= 11 is 5.53. The van der Waals surface area contributed by atoms with Crippen molar-refractivity contribution in [2.45, 2.75) is 18.9 Å². The van der Waals surface area contributed by atoms with Crippen molar-refractivity contribution < 1.29 is 22.7 Å². The van der Waals surface area contributed by atoms with Gasteiger partial charge < -0.3 is 10.5 Å². The molecular weight excluding hydrogens is 306 g/mol. The number of carbonyl (C=O) groups is 1. The number of alkyl halides is 2. The highest BCUT2D eigenvalue weighted by Crippen LogP contribution is 2.32. The van der Waals surface area contributed by atoms with E-state index in [0.717, 1.165) is 18.2 Å². The van der Waals surface area contributed by atoms with Gasteiger partial charge in [-0.15, -0.1) is 12.4 Å². The third-order valence-corrected chi connectivity index (χ3v) is 2.40. The molecule has 0 aliphatic heterocycles. The number of esters is 1. The van der Waals surface area contributed by atoms with Gasteiger partial charge in [0.25, 0.3) is 0 Å². The predicted octanol–water partition coefficient (Wildman–Crippen LogP) is 3.10. The van der Waals surface area contributed by atoms with Crippen LogP contribution in [0.25, 0.3) is 0 Å². The minimum atomic E-state index is -3.95. The first-order chi connectivity index (χ1) is 8.28. The molecular formula is C11H12Cl2F3NO2. The van der Waals surface area contributed by atoms with Gasteiger partial charge in [0.15, 0.2) is 0 Å². The summed E-state index contributed by atoms with van der Waals surface area (Å²) in [4.78, 5) is 11.1. The van der Waals surface area contributed by atoms with E-state index in [1.165, 1.54) is 6.92 Å². The van der Waals surface area contributed by atoms with Crippen LogP contribution in [0.1, 0.15) is 18.5 Å². The molecule has 0 bridgehead atoms. The minimum Gasteiger partial charge on any atom is -0.462 e. The monoisotopic (exact) mass is 317 g/mol. The number of ether oxygens (including phenoxy) is 1. The van der Waals surface area contributed by atoms with Crippen molar-refractivity contribution in [1.29, 1.82) is 0 Å². The Labute approximate surface area is 119 Å². The summed E-state index contributed by atoms with van der Waals surface area (Å²) in [5.41, 5.74) is 4.99. The summed E-state index contributed by atoms with van der Waals surface area (Å²) in [6.07, 6.45) is 0. The van der Waals surface area contributed by atoms with Crippen LogP contribution in [-0.2, 0) is 9.53 Å². The summed E-state index contributed by atoms with van der Waals surface area (Å²) < 4.78 is 44.4. The molecule has 1 aromatic rings. The minimum absolute atomic E-state index is 0. The van der Waals surface area contributed by atoms with Crippen LogP contribution >= 0.6 is 24.0 Å². The molecule has 1 aromatic carbocycles. The fourth-order valence-electron chi connectivity index (χ4n) is 1.32. The average Bonchev–Trinajstić information content (AvgIpc) is 2.26. The maximum atomic E-state index is 13.6. The van der Waals surface area contributed by atoms with Gasteiger partial charge in [0.1, 0.15) is 11.9 Å². The number of halogens is 5. The van der Waals surface area contributed by atoms with Gasteiger partial charge in [-0.25, -0.2) is 9.18 Å². The van der Waals surface area contributed by atoms with Crippen LogP contribution in [0.4, 0.5) is 13.2 Å². The van der Waals surface area contributed by atoms with Crippen molar-refractivity contribution in [3.05, 3.63) is 34.6 Å². The Kier molecular flexibility index (Phi) is 6.62. The molecule has 0 fully saturated rings. The van der Waals surface area contributed by atoms with E-state index in [2.05, 4.69) is 4.74 Å². The smallest absolute Gasteiger partial charge is 0.379 e. The molecule has 1 rings (SSSR count). The van der Waals surface area contributed by atoms with E-state index in [-0.39, 0.29) is 29.6 Å². The van der Waals surface area contributed by atoms with Crippen molar-refractivity contribution in [3.8, 4) is 0 Å². The van der Waals surface area contributed by atoms with Gasteiger partial charge in [-0.1, -0.05) is 11.6 Å². The molecule has 0 heterocycles. The molecule has 0 aliphatic carbocycles. The van der Waals surface area contributed by atoms with Gasteiger partial charge in [-0.2, -0.15) is 8.78 Å². The van der Waals surface area contributed by atoms with Gasteiger partial charge in [0.05, 0.1) is 6.61 Å². The van der Waals surface area contributed by atoms with E-state index in [1.54, 1.807) is 0 Å². The number of nitrogens with two attached hydrogens (primary N) is 1. The Balaban J connectivity index is 0.00000324. The van der Waals surface area contributed by atoms with Crippen LogP contribution in [0.5, 0.6) is 0 Å². The average molecular weight is 318 g/mol. The molecule has 0 aromatic heterocycles. The first kappa shape index (κ1) is 18.0. The lowest BCUT2D eigenvalue weighted by Crippen LogP contribution is -2.41. The molecule has 0 aliphatic rings. The standard InChI is InChI=1S/C11H11ClF3NO2.ClH/c1-2-18-10(17)11(14,15)9(16)6-3-7(12)5-8(13)4-6;/h3-5,9H,2,16H2,1H3;1H/t9-;/m1./s1. The van der Waals surface area contributed by atoms with E-state index < -0.39 is 23.8 Å². The van der Waals surface area contributed by atoms with Crippen LogP contribution in [-0.4, -0.2) is 18.5 Å². The Hall–Kier alpha value is -0.980. The molecule has 19 heavy (non-hydrogen) atoms. The second-order valence-electron chi connectivity index (χ2n) is 3.52. The summed E-state index contributed by atoms with van der Waals surface area (Å²) in [6, 6.07) is 0.789. The molecule has 0 spiro atoms. The molecule has 3 nitrogen and oxygen atoms in total. The highest BCUT2D eigenvalue weighted by Gasteiger charge is 2.47. The van der Waals surface area contributed by atoms with Crippen LogP contribution in [0.15, 0.2) is 18.2 Å². The molecule has 0 radical (unpaired) electrons. The van der Waals surface area contributed by atoms with Crippen LogP contribution in [0.2, 0.25) is 5.02 Å². The number of rotatable bonds is 4. The first-order valence-corrected chi connectivity index (χ1v) is 5.43. The van der Waals surface area contributed by atoms with Crippen molar-refractivity contribution >= 4 is 30.0 Å². The third kappa shape index (κ3) is 4.26. The van der Waals surface area contributed by atoms with Gasteiger partial charge in [-0.3, -0.25) is 0 Å². The highest BCUT2D eigenvalue weighted by molar-refractivity contribution is 6.30. The number of carbonyl (C=O) groups excluding carboxylic acids is 1. The second kappa shape index (κ2) is 6.98. The quantitative estimate of drug-likeness (QED) is 0.868. The van der Waals surface area contributed by atoms with Gasteiger partial charge in [0.2, 0.25) is 0 Å². The van der Waals surface area contributed by atoms with Gasteiger partial charge >= 0.3 is 11.9 Å². The van der Waals surface area contributed by atoms with Crippen LogP contribution in [0.3, 0.4) is 0 Å². The third-order valence-electron chi connectivity index (χ3n) is 2.18. The summed E-state index contributed by atoms with van der Waals surface area (Å²) in [5, 5.41) is -0.0832. The molecule has 0 saturated carbocycles. The van der Waals surface area contributed by atoms with Crippen molar-refractivity contribution in [2.24, 2.45) is 5.73 Å². The summed E-state index contributed by atoms with van der Waals surface area (Å²) in [7, 11) is 0. The molecule has 2 N–H and O–H groups in total.